The average Bonchev–Trinajstić information content (AvgIpc) is 1.53. The minimum absolute atomic E-state index is 0.0277. The van der Waals surface area contributed by atoms with E-state index in [-0.39, 0.29) is 87.3 Å². The van der Waals surface area contributed by atoms with Crippen molar-refractivity contribution < 1.29 is 9.47 Å². The molecule has 4 aliphatic carbocycles. The molecule has 10 aromatic carbocycles. The lowest BCUT2D eigenvalue weighted by atomic mass is 9.61. The SMILES string of the molecule is CC(C)(C)c1ccc(N(C2=COC3(C)CCCCC23C)c2cc(C(C)(C)C)cc(Cl)c2Cl)cc1.CC(C)(C)c1ccc(N(C2=COC3(C)CCCCC23C)c2cc(C(C)(C)C)cc(N3c4ccc(N(c5ccc(C(C)(C)C)cc5)c5ccc(C(C)(C)C)cc5)cc4C4(C)CCCCC34C)c2Cl)cc1.CC(C)(C)c1ccc(N(c2ccc(C(C)(C)C)cc2)c2ccc3c(c2)C2(C)CCCCC2(C)N3)cc1. The van der Waals surface area contributed by atoms with Crippen molar-refractivity contribution in [3.8, 4) is 0 Å². The number of nitrogens with one attached hydrogen (secondary N) is 1. The number of anilines is 13. The van der Waals surface area contributed by atoms with Crippen LogP contribution in [0.5, 0.6) is 0 Å². The Morgan fingerprint density at radius 3 is 0.914 bits per heavy atom. The molecule has 740 valence electrons. The van der Waals surface area contributed by atoms with Gasteiger partial charge in [0.1, 0.15) is 23.7 Å². The fourth-order valence-electron chi connectivity index (χ4n) is 24.2. The third-order valence-electron chi connectivity index (χ3n) is 34.9. The van der Waals surface area contributed by atoms with Crippen LogP contribution in [0.4, 0.5) is 73.9 Å². The topological polar surface area (TPSA) is 46.7 Å². The van der Waals surface area contributed by atoms with E-state index in [1.807, 2.05) is 12.3 Å². The summed E-state index contributed by atoms with van der Waals surface area (Å²) in [5.41, 5.74) is 29.9. The minimum atomic E-state index is -0.290. The largest absolute Gasteiger partial charge is 0.492 e. The number of rotatable bonds is 13. The Morgan fingerprint density at radius 1 is 0.266 bits per heavy atom. The molecule has 0 spiro atoms. The Kier molecular flexibility index (Phi) is 26.9. The maximum absolute atomic E-state index is 8.27. The Hall–Kier alpha value is -9.05. The van der Waals surface area contributed by atoms with E-state index in [2.05, 4.69) is 458 Å². The quantitative estimate of drug-likeness (QED) is 0.123. The van der Waals surface area contributed by atoms with E-state index in [1.165, 1.54) is 154 Å². The van der Waals surface area contributed by atoms with Gasteiger partial charge in [-0.1, -0.05) is 340 Å². The molecule has 0 amide bonds. The van der Waals surface area contributed by atoms with Crippen LogP contribution in [0.15, 0.2) is 230 Å². The van der Waals surface area contributed by atoms with E-state index in [0.29, 0.717) is 10.0 Å². The number of hydrogen-bond acceptors (Lipinski definition) is 8. The van der Waals surface area contributed by atoms with Crippen LogP contribution in [0.25, 0.3) is 0 Å². The van der Waals surface area contributed by atoms with Gasteiger partial charge in [0.05, 0.1) is 59.9 Å². The molecule has 4 saturated carbocycles. The molecule has 8 unspecified atom stereocenters. The Morgan fingerprint density at radius 2 is 0.554 bits per heavy atom. The summed E-state index contributed by atoms with van der Waals surface area (Å²) < 4.78 is 13.3. The molecule has 1 N–H and O–H groups in total. The van der Waals surface area contributed by atoms with Gasteiger partial charge >= 0.3 is 0 Å². The maximum atomic E-state index is 8.27. The second-order valence-electron chi connectivity index (χ2n) is 52.6. The van der Waals surface area contributed by atoms with Crippen LogP contribution < -0.4 is 29.8 Å². The molecule has 0 aromatic heterocycles. The van der Waals surface area contributed by atoms with E-state index in [9.17, 15) is 0 Å². The smallest absolute Gasteiger partial charge is 0.116 e. The van der Waals surface area contributed by atoms with Crippen LogP contribution in [-0.4, -0.2) is 22.3 Å². The molecule has 4 aliphatic heterocycles. The molecule has 0 bridgehead atoms. The van der Waals surface area contributed by atoms with Gasteiger partial charge in [0, 0.05) is 73.2 Å². The van der Waals surface area contributed by atoms with Crippen molar-refractivity contribution in [1.82, 2.24) is 0 Å². The predicted molar refractivity (Wildman–Crippen MR) is 599 cm³/mol. The first-order valence-corrected chi connectivity index (χ1v) is 53.6. The molecule has 10 aromatic rings. The van der Waals surface area contributed by atoms with Crippen molar-refractivity contribution >= 4 is 109 Å². The molecule has 0 radical (unpaired) electrons. The molecule has 4 heterocycles. The molecule has 8 atom stereocenters. The van der Waals surface area contributed by atoms with Crippen molar-refractivity contribution in [3.63, 3.8) is 0 Å². The summed E-state index contributed by atoms with van der Waals surface area (Å²) in [6, 6.07) is 78.4. The fraction of sp³-hybridized carbons (Fsp3) is 0.500. The maximum Gasteiger partial charge on any atom is 0.116 e. The second-order valence-corrected chi connectivity index (χ2v) is 53.8. The summed E-state index contributed by atoms with van der Waals surface area (Å²) in [6.07, 6.45) is 22.7. The summed E-state index contributed by atoms with van der Waals surface area (Å²) >= 11 is 22.0. The zero-order chi connectivity index (χ0) is 101. The van der Waals surface area contributed by atoms with Gasteiger partial charge < -0.3 is 39.3 Å². The molecular weight excluding hydrogens is 1760 g/mol. The first kappa shape index (κ1) is 103. The highest BCUT2D eigenvalue weighted by Crippen LogP contribution is 2.67. The summed E-state index contributed by atoms with van der Waals surface area (Å²) in [4.78, 5) is 12.4. The third kappa shape index (κ3) is 18.9. The fourth-order valence-corrected chi connectivity index (χ4v) is 24.9. The number of ether oxygens (including phenoxy) is 2. The summed E-state index contributed by atoms with van der Waals surface area (Å²) in [5, 5.41) is 5.86. The number of nitrogens with zero attached hydrogens (tertiary/aromatic N) is 5. The first-order valence-electron chi connectivity index (χ1n) is 52.4. The molecule has 11 heteroatoms. The van der Waals surface area contributed by atoms with Crippen LogP contribution in [0.3, 0.4) is 0 Å². The monoisotopic (exact) mass is 1920 g/mol. The highest BCUT2D eigenvalue weighted by Gasteiger charge is 2.61. The van der Waals surface area contributed by atoms with Gasteiger partial charge in [-0.3, -0.25) is 0 Å². The van der Waals surface area contributed by atoms with Gasteiger partial charge in [-0.05, 0) is 324 Å². The van der Waals surface area contributed by atoms with E-state index >= 15 is 0 Å². The van der Waals surface area contributed by atoms with Crippen LogP contribution >= 0.6 is 34.8 Å². The number of hydrogen-bond donors (Lipinski definition) is 1. The molecule has 4 fully saturated rings. The van der Waals surface area contributed by atoms with Crippen molar-refractivity contribution in [1.29, 1.82) is 0 Å². The van der Waals surface area contributed by atoms with Crippen LogP contribution in [0, 0.1) is 10.8 Å². The highest BCUT2D eigenvalue weighted by molar-refractivity contribution is 6.44. The summed E-state index contributed by atoms with van der Waals surface area (Å²) in [6.45, 7) is 74.0. The lowest BCUT2D eigenvalue weighted by Gasteiger charge is -2.51. The number of halogens is 3. The third-order valence-corrected chi connectivity index (χ3v) is 36.0. The van der Waals surface area contributed by atoms with Crippen molar-refractivity contribution in [2.24, 2.45) is 10.8 Å². The van der Waals surface area contributed by atoms with Gasteiger partial charge in [-0.2, -0.15) is 0 Å². The van der Waals surface area contributed by atoms with Crippen LogP contribution in [0.2, 0.25) is 15.1 Å². The van der Waals surface area contributed by atoms with E-state index < -0.39 is 0 Å². The Balaban J connectivity index is 0.000000167. The summed E-state index contributed by atoms with van der Waals surface area (Å²) in [7, 11) is 0. The van der Waals surface area contributed by atoms with Crippen molar-refractivity contribution in [2.75, 3.05) is 29.8 Å². The Labute approximate surface area is 854 Å². The van der Waals surface area contributed by atoms with E-state index in [1.54, 1.807) is 0 Å². The van der Waals surface area contributed by atoms with E-state index in [4.69, 9.17) is 44.3 Å². The number of fused-ring (bicyclic) bond motifs is 8. The zero-order valence-electron chi connectivity index (χ0n) is 90.8. The highest BCUT2D eigenvalue weighted by atomic mass is 35.5. The zero-order valence-corrected chi connectivity index (χ0v) is 93.1. The lowest BCUT2D eigenvalue weighted by Crippen LogP contribution is -2.54. The van der Waals surface area contributed by atoms with Crippen LogP contribution in [0.1, 0.15) is 380 Å². The number of benzene rings is 10. The average molecular weight is 1930 g/mol. The molecular formula is C128H165Cl3N6O2. The van der Waals surface area contributed by atoms with E-state index in [0.717, 1.165) is 94.6 Å². The first-order chi connectivity index (χ1) is 64.6. The van der Waals surface area contributed by atoms with Gasteiger partial charge in [-0.15, -0.1) is 0 Å². The molecule has 18 rings (SSSR count). The molecule has 8 aliphatic rings. The molecule has 139 heavy (non-hydrogen) atoms. The van der Waals surface area contributed by atoms with Gasteiger partial charge in [0.25, 0.3) is 0 Å². The van der Waals surface area contributed by atoms with Crippen molar-refractivity contribution in [2.45, 2.75) is 401 Å². The van der Waals surface area contributed by atoms with Gasteiger partial charge in [0.2, 0.25) is 0 Å². The van der Waals surface area contributed by atoms with Crippen LogP contribution in [-0.2, 0) is 63.6 Å². The molecule has 8 nitrogen and oxygen atoms in total. The predicted octanol–water partition coefficient (Wildman–Crippen LogP) is 38.8. The standard InChI is InChI=1S/C64H82ClN3O.C34H44N2.C30H39Cl2NO/c1-57(2,3)43-21-27-47(28-22-43)66(48-29-23-44(24-30-48)58(4,5)6)50-33-34-52-51(41-50)61(13)35-17-19-37-63(61,15)68(52)54-40-46(60(10,11)12)39-53(56(54)65)67(49-31-25-45(26-32-49)59(7,8)9)55-42-69-64(16)38-20-18-36-62(55,64)14;1-31(2,3)24-11-15-26(16-12-24)36(27-17-13-25(14-18-27)32(4,5)6)28-19-20-30-29(23-28)33(7)21-9-10-22-34(33,8)35-30;1-27(2,3)20-11-13-22(14-12-20)33(24-18-21(28(4,5)6)17-23(31)26(24)32)25-19-34-30(8)16-10-9-15-29(25,30)7/h21-34,39-42H,17-20,35-38H2,1-16H3;11-20,23,35H,9-10,21-22H2,1-8H3;11-14,17-19H,9-10,15-16H2,1-8H3. The normalized spacial score (nSPS) is 24.5. The van der Waals surface area contributed by atoms with Crippen molar-refractivity contribution in [3.05, 3.63) is 301 Å². The molecule has 0 saturated heterocycles. The van der Waals surface area contributed by atoms with Gasteiger partial charge in [0.15, 0.2) is 0 Å². The minimum Gasteiger partial charge on any atom is -0.492 e. The summed E-state index contributed by atoms with van der Waals surface area (Å²) in [5.74, 6) is 0. The lowest BCUT2D eigenvalue weighted by molar-refractivity contribution is -0.0519. The van der Waals surface area contributed by atoms with Gasteiger partial charge in [-0.25, -0.2) is 0 Å². The second kappa shape index (κ2) is 36.4. The Bertz CT molecular complexity index is 6140.